The van der Waals surface area contributed by atoms with Crippen LogP contribution in [0, 0.1) is 0 Å². The maximum Gasteiger partial charge on any atom is 0.146 e. The van der Waals surface area contributed by atoms with Crippen molar-refractivity contribution in [1.29, 1.82) is 0 Å². The number of likely N-dealkylation sites (tertiary alicyclic amines) is 1. The van der Waals surface area contributed by atoms with Crippen molar-refractivity contribution >= 4 is 17.7 Å². The number of aliphatic hydroxyl groups excluding tert-OH is 1. The summed E-state index contributed by atoms with van der Waals surface area (Å²) < 4.78 is 0.882. The minimum Gasteiger partial charge on any atom is -0.543 e. The fraction of sp³-hybridized carbons (Fsp3) is 0.769. The zero-order valence-electron chi connectivity index (χ0n) is 11.6. The minimum absolute atomic E-state index is 0.134. The second-order valence-corrected chi connectivity index (χ2v) is 7.38. The van der Waals surface area contributed by atoms with E-state index in [1.165, 1.54) is 17.7 Å². The quantitative estimate of drug-likeness (QED) is 0.602. The van der Waals surface area contributed by atoms with Gasteiger partial charge in [0.1, 0.15) is 12.8 Å². The molecule has 0 aromatic heterocycles. The largest absolute Gasteiger partial charge is 0.543 e. The molecule has 3 aliphatic heterocycles. The van der Waals surface area contributed by atoms with Crippen LogP contribution in [0.2, 0.25) is 0 Å². The molecule has 0 saturated carbocycles. The van der Waals surface area contributed by atoms with Gasteiger partial charge in [-0.3, -0.25) is 0 Å². The molecule has 2 fully saturated rings. The van der Waals surface area contributed by atoms with Gasteiger partial charge in [-0.25, -0.2) is 0 Å². The van der Waals surface area contributed by atoms with E-state index in [0.29, 0.717) is 5.75 Å². The van der Waals surface area contributed by atoms with Crippen molar-refractivity contribution < 1.29 is 19.5 Å². The van der Waals surface area contributed by atoms with E-state index in [2.05, 4.69) is 7.05 Å². The number of nitrogens with zero attached hydrogens (tertiary/aromatic N) is 2. The predicted octanol–water partition coefficient (Wildman–Crippen LogP) is -1.73. The van der Waals surface area contributed by atoms with E-state index in [0.717, 1.165) is 29.7 Å². The van der Waals surface area contributed by atoms with Crippen LogP contribution >= 0.6 is 11.8 Å². The maximum absolute atomic E-state index is 11.5. The van der Waals surface area contributed by atoms with E-state index in [1.54, 1.807) is 11.8 Å². The molecule has 20 heavy (non-hydrogen) atoms. The second-order valence-electron chi connectivity index (χ2n) is 6.27. The highest BCUT2D eigenvalue weighted by molar-refractivity contribution is 8.00. The number of carbonyl (C=O) groups excluding carboxylic acids is 1. The fourth-order valence-electron chi connectivity index (χ4n) is 3.54. The van der Waals surface area contributed by atoms with Crippen LogP contribution in [0.4, 0.5) is 0 Å². The topological polar surface area (TPSA) is 89.6 Å². The van der Waals surface area contributed by atoms with Crippen molar-refractivity contribution in [3.63, 3.8) is 0 Å². The van der Waals surface area contributed by atoms with Crippen LogP contribution in [0.5, 0.6) is 0 Å². The van der Waals surface area contributed by atoms with Gasteiger partial charge in [-0.2, -0.15) is 0 Å². The highest BCUT2D eigenvalue weighted by Gasteiger charge is 2.50. The molecule has 3 heterocycles. The summed E-state index contributed by atoms with van der Waals surface area (Å²) in [4.78, 5) is 13.0. The lowest BCUT2D eigenvalue weighted by Gasteiger charge is -2.55. The zero-order chi connectivity index (χ0) is 14.5. The second kappa shape index (κ2) is 4.91. The van der Waals surface area contributed by atoms with Crippen molar-refractivity contribution in [2.75, 3.05) is 32.4 Å². The normalized spacial score (nSPS) is 35.8. The van der Waals surface area contributed by atoms with Gasteiger partial charge in [0.05, 0.1) is 43.2 Å². The van der Waals surface area contributed by atoms with Gasteiger partial charge in [0.25, 0.3) is 0 Å². The Kier molecular flexibility index (Phi) is 3.48. The Bertz CT molecular complexity index is 462. The molecule has 7 heteroatoms. The number of thioether (sulfide) groups is 1. The Labute approximate surface area is 122 Å². The molecule has 0 aliphatic carbocycles. The van der Waals surface area contributed by atoms with E-state index in [-0.39, 0.29) is 17.1 Å². The lowest BCUT2D eigenvalue weighted by Crippen LogP contribution is -2.72. The number of aliphatic carboxylic acids is 1. The molecule has 0 aromatic carbocycles. The van der Waals surface area contributed by atoms with E-state index in [4.69, 9.17) is 5.73 Å². The van der Waals surface area contributed by atoms with Crippen molar-refractivity contribution in [2.24, 2.45) is 5.73 Å². The minimum atomic E-state index is -1.19. The van der Waals surface area contributed by atoms with E-state index < -0.39 is 12.2 Å². The van der Waals surface area contributed by atoms with Crippen molar-refractivity contribution in [2.45, 2.75) is 30.5 Å². The molecule has 3 rings (SSSR count). The maximum atomic E-state index is 11.5. The molecule has 0 bridgehead atoms. The van der Waals surface area contributed by atoms with Crippen LogP contribution in [0.25, 0.3) is 0 Å². The third kappa shape index (κ3) is 2.13. The van der Waals surface area contributed by atoms with E-state index in [1.807, 2.05) is 0 Å². The fourth-order valence-corrected chi connectivity index (χ4v) is 4.90. The summed E-state index contributed by atoms with van der Waals surface area (Å²) in [5.41, 5.74) is 6.87. The molecule has 2 saturated heterocycles. The van der Waals surface area contributed by atoms with Crippen molar-refractivity contribution in [1.82, 2.24) is 4.90 Å². The lowest BCUT2D eigenvalue weighted by molar-refractivity contribution is -0.893. The van der Waals surface area contributed by atoms with Gasteiger partial charge in [-0.1, -0.05) is 0 Å². The van der Waals surface area contributed by atoms with Crippen LogP contribution in [0.1, 0.15) is 12.8 Å². The number of carbonyl (C=O) groups is 1. The first-order valence-electron chi connectivity index (χ1n) is 7.03. The number of aliphatic hydroxyl groups is 1. The van der Waals surface area contributed by atoms with Gasteiger partial charge < -0.3 is 30.1 Å². The molecule has 3 N–H and O–H groups in total. The summed E-state index contributed by atoms with van der Waals surface area (Å²) in [6.45, 7) is 2.89. The zero-order valence-corrected chi connectivity index (χ0v) is 12.4. The molecular weight excluding hydrogens is 278 g/mol. The Morgan fingerprint density at radius 2 is 2.20 bits per heavy atom. The SMILES string of the molecule is C[N+]1(CC2=C(C(=O)[O-])N3C(O)C(N)C3SC2)CCCC1. The Morgan fingerprint density at radius 3 is 2.80 bits per heavy atom. The van der Waals surface area contributed by atoms with E-state index in [9.17, 15) is 15.0 Å². The first-order valence-corrected chi connectivity index (χ1v) is 8.08. The average Bonchev–Trinajstić information content (AvgIpc) is 2.83. The molecule has 3 unspecified atom stereocenters. The van der Waals surface area contributed by atoms with Gasteiger partial charge >= 0.3 is 0 Å². The Balaban J connectivity index is 1.88. The molecule has 0 spiro atoms. The first kappa shape index (κ1) is 14.2. The molecule has 112 valence electrons. The molecule has 6 nitrogen and oxygen atoms in total. The molecule has 0 amide bonds. The number of hydrogen-bond acceptors (Lipinski definition) is 6. The van der Waals surface area contributed by atoms with Crippen LogP contribution in [0.3, 0.4) is 0 Å². The van der Waals surface area contributed by atoms with Crippen LogP contribution < -0.4 is 10.8 Å². The standard InChI is InChI=1S/C13H21N3O3S/c1-16(4-2-3-5-16)6-8-7-20-12-9(14)11(17)15(12)10(8)13(18)19/h9,11-12,17H,2-7,14H2,1H3. The van der Waals surface area contributed by atoms with Crippen LogP contribution in [-0.4, -0.2) is 70.5 Å². The number of quaternary nitrogens is 1. The summed E-state index contributed by atoms with van der Waals surface area (Å²) in [6.07, 6.45) is 1.48. The van der Waals surface area contributed by atoms with Crippen LogP contribution in [-0.2, 0) is 4.79 Å². The monoisotopic (exact) mass is 299 g/mol. The lowest BCUT2D eigenvalue weighted by atomic mass is 10.0. The number of likely N-dealkylation sites (N-methyl/N-ethyl adjacent to an activating group) is 1. The third-order valence-electron chi connectivity index (χ3n) is 4.67. The average molecular weight is 299 g/mol. The number of carboxylic acid groups (broad SMARTS) is 1. The smallest absolute Gasteiger partial charge is 0.146 e. The summed E-state index contributed by atoms with van der Waals surface area (Å²) >= 11 is 1.62. The first-order chi connectivity index (χ1) is 9.43. The van der Waals surface area contributed by atoms with Gasteiger partial charge in [0.15, 0.2) is 0 Å². The van der Waals surface area contributed by atoms with Crippen molar-refractivity contribution in [3.05, 3.63) is 11.3 Å². The van der Waals surface area contributed by atoms with E-state index >= 15 is 0 Å². The summed E-state index contributed by atoms with van der Waals surface area (Å²) in [6, 6.07) is -0.382. The van der Waals surface area contributed by atoms with Gasteiger partial charge in [0, 0.05) is 24.2 Å². The van der Waals surface area contributed by atoms with Gasteiger partial charge in [-0.05, 0) is 0 Å². The number of fused-ring (bicyclic) bond motifs is 1. The van der Waals surface area contributed by atoms with Gasteiger partial charge in [-0.15, -0.1) is 11.8 Å². The Morgan fingerprint density at radius 1 is 1.55 bits per heavy atom. The number of carboxylic acids is 1. The third-order valence-corrected chi connectivity index (χ3v) is 6.06. The van der Waals surface area contributed by atoms with Gasteiger partial charge in [0.2, 0.25) is 0 Å². The molecular formula is C13H21N3O3S. The molecule has 0 aromatic rings. The highest BCUT2D eigenvalue weighted by atomic mass is 32.2. The summed E-state index contributed by atoms with van der Waals surface area (Å²) in [5, 5.41) is 21.3. The Hall–Kier alpha value is -0.760. The number of hydrogen-bond donors (Lipinski definition) is 2. The van der Waals surface area contributed by atoms with Crippen molar-refractivity contribution in [3.8, 4) is 0 Å². The number of rotatable bonds is 3. The summed E-state index contributed by atoms with van der Waals surface area (Å²) in [5.74, 6) is -0.527. The van der Waals surface area contributed by atoms with Crippen LogP contribution in [0.15, 0.2) is 11.3 Å². The predicted molar refractivity (Wildman–Crippen MR) is 74.1 cm³/mol. The summed E-state index contributed by atoms with van der Waals surface area (Å²) in [7, 11) is 2.17. The number of nitrogens with two attached hydrogens (primary N) is 1. The highest BCUT2D eigenvalue weighted by Crippen LogP contribution is 2.42. The molecule has 3 aliphatic rings. The molecule has 0 radical (unpaired) electrons. The molecule has 3 atom stereocenters.